The van der Waals surface area contributed by atoms with Gasteiger partial charge in [-0.2, -0.15) is 0 Å². The highest BCUT2D eigenvalue weighted by Crippen LogP contribution is 2.37. The van der Waals surface area contributed by atoms with Crippen LogP contribution in [0.5, 0.6) is 5.75 Å². The van der Waals surface area contributed by atoms with Gasteiger partial charge >= 0.3 is 0 Å². The van der Waals surface area contributed by atoms with Crippen LogP contribution >= 0.6 is 0 Å². The van der Waals surface area contributed by atoms with Crippen LogP contribution in [-0.2, 0) is 6.42 Å². The van der Waals surface area contributed by atoms with E-state index in [2.05, 4.69) is 11.4 Å². The van der Waals surface area contributed by atoms with Crippen LogP contribution in [0.1, 0.15) is 33.8 Å². The number of Topliss-reactive ketones (excluding diaryl/α,β-unsaturated/α-hetero) is 1. The Morgan fingerprint density at radius 2 is 2.05 bits per heavy atom. The Kier molecular flexibility index (Phi) is 2.92. The van der Waals surface area contributed by atoms with Gasteiger partial charge in [0, 0.05) is 18.7 Å². The van der Waals surface area contributed by atoms with Gasteiger partial charge < -0.3 is 10.1 Å². The number of para-hydroxylation sites is 2. The molecule has 0 spiro atoms. The van der Waals surface area contributed by atoms with Crippen LogP contribution in [0.25, 0.3) is 0 Å². The third kappa shape index (κ3) is 2.00. The number of hydrogen-bond donors (Lipinski definition) is 1. The van der Waals surface area contributed by atoms with E-state index in [0.717, 1.165) is 47.5 Å². The van der Waals surface area contributed by atoms with E-state index < -0.39 is 0 Å². The van der Waals surface area contributed by atoms with Crippen molar-refractivity contribution < 1.29 is 9.53 Å². The number of rotatable bonds is 2. The lowest BCUT2D eigenvalue weighted by Crippen LogP contribution is -2.23. The smallest absolute Gasteiger partial charge is 0.174 e. The van der Waals surface area contributed by atoms with E-state index in [4.69, 9.17) is 4.74 Å². The lowest BCUT2D eigenvalue weighted by molar-refractivity contribution is 0.0952. The zero-order valence-corrected chi connectivity index (χ0v) is 11.8. The molecule has 1 unspecified atom stereocenters. The normalized spacial score (nSPS) is 19.1. The molecule has 0 saturated carbocycles. The van der Waals surface area contributed by atoms with Gasteiger partial charge in [-0.05, 0) is 29.7 Å². The van der Waals surface area contributed by atoms with Crippen LogP contribution in [-0.4, -0.2) is 18.9 Å². The van der Waals surface area contributed by atoms with Gasteiger partial charge in [-0.1, -0.05) is 30.3 Å². The first-order chi connectivity index (χ1) is 10.3. The fourth-order valence-corrected chi connectivity index (χ4v) is 3.34. The largest absolute Gasteiger partial charge is 0.492 e. The van der Waals surface area contributed by atoms with Gasteiger partial charge in [-0.3, -0.25) is 4.79 Å². The molecule has 0 radical (unpaired) electrons. The second-order valence-corrected chi connectivity index (χ2v) is 5.61. The first-order valence-electron chi connectivity index (χ1n) is 7.46. The summed E-state index contributed by atoms with van der Waals surface area (Å²) in [4.78, 5) is 13.0. The summed E-state index contributed by atoms with van der Waals surface area (Å²) in [7, 11) is 0. The molecule has 3 nitrogen and oxygen atoms in total. The van der Waals surface area contributed by atoms with Gasteiger partial charge in [0.1, 0.15) is 5.75 Å². The van der Waals surface area contributed by atoms with E-state index >= 15 is 0 Å². The summed E-state index contributed by atoms with van der Waals surface area (Å²) >= 11 is 0. The predicted molar refractivity (Wildman–Crippen MR) is 82.3 cm³/mol. The summed E-state index contributed by atoms with van der Waals surface area (Å²) in [6.07, 6.45) is 1.73. The Morgan fingerprint density at radius 3 is 3.00 bits per heavy atom. The van der Waals surface area contributed by atoms with Crippen LogP contribution in [0.3, 0.4) is 0 Å². The molecule has 4 rings (SSSR count). The molecule has 0 aliphatic carbocycles. The molecule has 0 saturated heterocycles. The molecular formula is C18H17NO2. The van der Waals surface area contributed by atoms with Crippen molar-refractivity contribution in [2.24, 2.45) is 0 Å². The third-order valence-corrected chi connectivity index (χ3v) is 4.38. The quantitative estimate of drug-likeness (QED) is 0.856. The molecule has 0 bridgehead atoms. The molecule has 1 N–H and O–H groups in total. The van der Waals surface area contributed by atoms with Crippen LogP contribution in [0.4, 0.5) is 5.69 Å². The number of fused-ring (bicyclic) bond motifs is 2. The highest BCUT2D eigenvalue weighted by molar-refractivity contribution is 6.04. The Labute approximate surface area is 123 Å². The molecule has 2 aliphatic heterocycles. The number of carbonyl (C=O) groups excluding carboxylic acids is 1. The Balaban J connectivity index is 1.75. The summed E-state index contributed by atoms with van der Waals surface area (Å²) in [5.41, 5.74) is 4.08. The fraction of sp³-hybridized carbons (Fsp3) is 0.278. The summed E-state index contributed by atoms with van der Waals surface area (Å²) in [5.74, 6) is 0.916. The topological polar surface area (TPSA) is 38.3 Å². The number of nitrogens with one attached hydrogen (secondary N) is 1. The zero-order valence-electron chi connectivity index (χ0n) is 11.8. The number of ether oxygens (including phenoxy) is 1. The van der Waals surface area contributed by atoms with E-state index in [-0.39, 0.29) is 11.7 Å². The molecule has 0 fully saturated rings. The SMILES string of the molecule is O=C(c1cccc2c1OCC2)C1CCNc2ccccc21. The van der Waals surface area contributed by atoms with Crippen LogP contribution < -0.4 is 10.1 Å². The summed E-state index contributed by atoms with van der Waals surface area (Å²) in [5, 5.41) is 3.37. The molecule has 2 aromatic rings. The summed E-state index contributed by atoms with van der Waals surface area (Å²) in [6.45, 7) is 1.52. The number of carbonyl (C=O) groups is 1. The molecule has 0 amide bonds. The maximum Gasteiger partial charge on any atom is 0.174 e. The van der Waals surface area contributed by atoms with Crippen molar-refractivity contribution in [3.05, 3.63) is 59.2 Å². The van der Waals surface area contributed by atoms with E-state index in [1.807, 2.05) is 36.4 Å². The van der Waals surface area contributed by atoms with Crippen LogP contribution in [0, 0.1) is 0 Å². The molecule has 1 atom stereocenters. The first kappa shape index (κ1) is 12.5. The fourth-order valence-electron chi connectivity index (χ4n) is 3.34. The Bertz CT molecular complexity index is 708. The van der Waals surface area contributed by atoms with Crippen LogP contribution in [0.2, 0.25) is 0 Å². The van der Waals surface area contributed by atoms with E-state index in [1.165, 1.54) is 0 Å². The van der Waals surface area contributed by atoms with Crippen molar-refractivity contribution in [3.8, 4) is 5.75 Å². The Hall–Kier alpha value is -2.29. The lowest BCUT2D eigenvalue weighted by Gasteiger charge is -2.26. The van der Waals surface area contributed by atoms with Gasteiger partial charge in [-0.15, -0.1) is 0 Å². The van der Waals surface area contributed by atoms with Gasteiger partial charge in [0.05, 0.1) is 18.1 Å². The van der Waals surface area contributed by atoms with Crippen molar-refractivity contribution in [2.75, 3.05) is 18.5 Å². The van der Waals surface area contributed by atoms with Gasteiger partial charge in [-0.25, -0.2) is 0 Å². The number of anilines is 1. The second kappa shape index (κ2) is 4.92. The first-order valence-corrected chi connectivity index (χ1v) is 7.46. The molecule has 0 aromatic heterocycles. The van der Waals surface area contributed by atoms with E-state index in [1.54, 1.807) is 0 Å². The van der Waals surface area contributed by atoms with Crippen LogP contribution in [0.15, 0.2) is 42.5 Å². The minimum Gasteiger partial charge on any atom is -0.492 e. The lowest BCUT2D eigenvalue weighted by atomic mass is 9.84. The van der Waals surface area contributed by atoms with Crippen molar-refractivity contribution in [1.29, 1.82) is 0 Å². The minimum atomic E-state index is -0.0712. The standard InChI is InChI=1S/C18H17NO2/c20-17(15-6-3-4-12-9-11-21-18(12)15)14-8-10-19-16-7-2-1-5-13(14)16/h1-7,14,19H,8-11H2. The highest BCUT2D eigenvalue weighted by Gasteiger charge is 2.30. The van der Waals surface area contributed by atoms with Crippen molar-refractivity contribution in [3.63, 3.8) is 0 Å². The molecule has 3 heteroatoms. The second-order valence-electron chi connectivity index (χ2n) is 5.61. The highest BCUT2D eigenvalue weighted by atomic mass is 16.5. The maximum atomic E-state index is 13.0. The van der Waals surface area contributed by atoms with E-state index in [0.29, 0.717) is 6.61 Å². The van der Waals surface area contributed by atoms with Gasteiger partial charge in [0.25, 0.3) is 0 Å². The third-order valence-electron chi connectivity index (χ3n) is 4.38. The average Bonchev–Trinajstić information content (AvgIpc) is 3.02. The summed E-state index contributed by atoms with van der Waals surface area (Å²) in [6, 6.07) is 14.0. The van der Waals surface area contributed by atoms with Crippen molar-refractivity contribution in [1.82, 2.24) is 0 Å². The number of ketones is 1. The van der Waals surface area contributed by atoms with Gasteiger partial charge in [0.15, 0.2) is 5.78 Å². The maximum absolute atomic E-state index is 13.0. The molecule has 106 valence electrons. The number of hydrogen-bond acceptors (Lipinski definition) is 3. The molecular weight excluding hydrogens is 262 g/mol. The number of benzene rings is 2. The van der Waals surface area contributed by atoms with Gasteiger partial charge in [0.2, 0.25) is 0 Å². The predicted octanol–water partition coefficient (Wildman–Crippen LogP) is 3.40. The minimum absolute atomic E-state index is 0.0712. The molecule has 2 aromatic carbocycles. The molecule has 2 heterocycles. The van der Waals surface area contributed by atoms with Crippen molar-refractivity contribution in [2.45, 2.75) is 18.8 Å². The van der Waals surface area contributed by atoms with E-state index in [9.17, 15) is 4.79 Å². The molecule has 21 heavy (non-hydrogen) atoms. The van der Waals surface area contributed by atoms with Crippen molar-refractivity contribution >= 4 is 11.5 Å². The summed E-state index contributed by atoms with van der Waals surface area (Å²) < 4.78 is 5.69. The Morgan fingerprint density at radius 1 is 1.14 bits per heavy atom. The molecule has 2 aliphatic rings. The monoisotopic (exact) mass is 279 g/mol. The zero-order chi connectivity index (χ0) is 14.2. The average molecular weight is 279 g/mol.